The number of carbonyl (C=O) groups is 1. The zero-order valence-corrected chi connectivity index (χ0v) is 17.6. The Morgan fingerprint density at radius 1 is 1.14 bits per heavy atom. The maximum Gasteiger partial charge on any atom is 0.227 e. The Labute approximate surface area is 168 Å². The molecule has 1 heterocycles. The molecular formula is C24H33N3O. The van der Waals surface area contributed by atoms with Gasteiger partial charge in [0.1, 0.15) is 0 Å². The summed E-state index contributed by atoms with van der Waals surface area (Å²) >= 11 is 0. The van der Waals surface area contributed by atoms with Crippen LogP contribution in [0.1, 0.15) is 79.9 Å². The smallest absolute Gasteiger partial charge is 0.227 e. The molecule has 28 heavy (non-hydrogen) atoms. The van der Waals surface area contributed by atoms with E-state index in [1.807, 2.05) is 11.7 Å². The summed E-state index contributed by atoms with van der Waals surface area (Å²) in [5.74, 6) is 0.771. The lowest BCUT2D eigenvalue weighted by molar-refractivity contribution is -0.133. The molecule has 4 heteroatoms. The van der Waals surface area contributed by atoms with Crippen molar-refractivity contribution in [3.05, 3.63) is 52.3 Å². The fourth-order valence-corrected chi connectivity index (χ4v) is 4.92. The van der Waals surface area contributed by atoms with E-state index in [2.05, 4.69) is 43.0 Å². The molecule has 1 saturated carbocycles. The molecule has 2 aromatic rings. The molecule has 0 bridgehead atoms. The maximum absolute atomic E-state index is 13.3. The number of nitrogens with zero attached hydrogens (tertiary/aromatic N) is 3. The number of rotatable bonds is 6. The number of carbonyl (C=O) groups excluding carboxylic acids is 1. The first-order valence-electron chi connectivity index (χ1n) is 10.9. The van der Waals surface area contributed by atoms with E-state index in [9.17, 15) is 4.79 Å². The molecule has 2 aliphatic carbocycles. The van der Waals surface area contributed by atoms with Crippen LogP contribution in [0.15, 0.2) is 24.3 Å². The van der Waals surface area contributed by atoms with Gasteiger partial charge in [0.2, 0.25) is 5.91 Å². The van der Waals surface area contributed by atoms with Gasteiger partial charge in [0.05, 0.1) is 18.7 Å². The third-order valence-corrected chi connectivity index (χ3v) is 6.61. The summed E-state index contributed by atoms with van der Waals surface area (Å²) in [5.41, 5.74) is 6.35. The fraction of sp³-hybridized carbons (Fsp3) is 0.583. The number of aryl methyl sites for hydroxylation is 1. The van der Waals surface area contributed by atoms with Gasteiger partial charge in [-0.2, -0.15) is 5.10 Å². The number of hydrogen-bond acceptors (Lipinski definition) is 2. The normalized spacial score (nSPS) is 16.7. The quantitative estimate of drug-likeness (QED) is 0.739. The minimum Gasteiger partial charge on any atom is -0.333 e. The van der Waals surface area contributed by atoms with Crippen LogP contribution in [-0.2, 0) is 37.6 Å². The molecule has 1 aromatic carbocycles. The van der Waals surface area contributed by atoms with Gasteiger partial charge >= 0.3 is 0 Å². The first kappa shape index (κ1) is 19.2. The maximum atomic E-state index is 13.3. The Morgan fingerprint density at radius 3 is 2.54 bits per heavy atom. The van der Waals surface area contributed by atoms with Crippen LogP contribution in [-0.4, -0.2) is 26.6 Å². The predicted octanol–water partition coefficient (Wildman–Crippen LogP) is 4.55. The number of aromatic nitrogens is 2. The second kappa shape index (κ2) is 8.10. The van der Waals surface area contributed by atoms with E-state index in [0.717, 1.165) is 36.9 Å². The van der Waals surface area contributed by atoms with Crippen LogP contribution in [0.3, 0.4) is 0 Å². The van der Waals surface area contributed by atoms with Crippen LogP contribution < -0.4 is 0 Å². The Morgan fingerprint density at radius 2 is 1.86 bits per heavy atom. The lowest BCUT2D eigenvalue weighted by Crippen LogP contribution is -2.39. The number of hydrogen-bond donors (Lipinski definition) is 0. The molecule has 0 saturated heterocycles. The van der Waals surface area contributed by atoms with Gasteiger partial charge in [0, 0.05) is 18.8 Å². The highest BCUT2D eigenvalue weighted by Gasteiger charge is 2.30. The molecule has 1 fully saturated rings. The SMILES string of the molecule is CC(C)c1ccc(CC(=O)N(Cc2nn(C)c3c2CCC3)C2CCCC2)cc1. The van der Waals surface area contributed by atoms with E-state index in [-0.39, 0.29) is 5.91 Å². The Kier molecular flexibility index (Phi) is 5.56. The van der Waals surface area contributed by atoms with Gasteiger partial charge in [-0.15, -0.1) is 0 Å². The van der Waals surface area contributed by atoms with Crippen molar-refractivity contribution in [2.75, 3.05) is 0 Å². The van der Waals surface area contributed by atoms with Crippen molar-refractivity contribution in [1.82, 2.24) is 14.7 Å². The molecule has 1 aromatic heterocycles. The molecule has 0 spiro atoms. The Hall–Kier alpha value is -2.10. The largest absolute Gasteiger partial charge is 0.333 e. The summed E-state index contributed by atoms with van der Waals surface area (Å²) < 4.78 is 2.04. The van der Waals surface area contributed by atoms with Gasteiger partial charge in [-0.25, -0.2) is 0 Å². The third kappa shape index (κ3) is 3.87. The van der Waals surface area contributed by atoms with Crippen molar-refractivity contribution in [2.24, 2.45) is 7.05 Å². The van der Waals surface area contributed by atoms with E-state index in [4.69, 9.17) is 5.10 Å². The molecule has 150 valence electrons. The fourth-order valence-electron chi connectivity index (χ4n) is 4.92. The standard InChI is InChI=1S/C24H33N3O/c1-17(2)19-13-11-18(12-14-19)15-24(28)27(20-7-4-5-8-20)16-22-21-9-6-10-23(21)26(3)25-22/h11-14,17,20H,4-10,15-16H2,1-3H3. The lowest BCUT2D eigenvalue weighted by Gasteiger charge is -2.29. The van der Waals surface area contributed by atoms with Crippen LogP contribution in [0.5, 0.6) is 0 Å². The zero-order chi connectivity index (χ0) is 19.7. The average Bonchev–Trinajstić information content (AvgIpc) is 3.40. The van der Waals surface area contributed by atoms with Gasteiger partial charge < -0.3 is 4.90 Å². The average molecular weight is 380 g/mol. The molecule has 4 rings (SSSR count). The first-order chi connectivity index (χ1) is 13.5. The van der Waals surface area contributed by atoms with Crippen molar-refractivity contribution in [1.29, 1.82) is 0 Å². The molecule has 0 unspecified atom stereocenters. The van der Waals surface area contributed by atoms with Crippen LogP contribution in [0.25, 0.3) is 0 Å². The summed E-state index contributed by atoms with van der Waals surface area (Å²) in [6.07, 6.45) is 8.67. The van der Waals surface area contributed by atoms with Gasteiger partial charge in [0.15, 0.2) is 0 Å². The highest BCUT2D eigenvalue weighted by molar-refractivity contribution is 5.79. The van der Waals surface area contributed by atoms with E-state index in [1.54, 1.807) is 0 Å². The van der Waals surface area contributed by atoms with Crippen LogP contribution >= 0.6 is 0 Å². The summed E-state index contributed by atoms with van der Waals surface area (Å²) in [4.78, 5) is 15.5. The van der Waals surface area contributed by atoms with Gasteiger partial charge in [-0.1, -0.05) is 51.0 Å². The Balaban J connectivity index is 1.52. The molecule has 0 atom stereocenters. The molecular weight excluding hydrogens is 346 g/mol. The minimum atomic E-state index is 0.251. The monoisotopic (exact) mass is 379 g/mol. The number of amides is 1. The molecule has 1 amide bonds. The summed E-state index contributed by atoms with van der Waals surface area (Å²) in [6, 6.07) is 8.95. The Bertz CT molecular complexity index is 828. The van der Waals surface area contributed by atoms with Crippen LogP contribution in [0.2, 0.25) is 0 Å². The molecule has 0 aliphatic heterocycles. The molecule has 0 N–H and O–H groups in total. The summed E-state index contributed by atoms with van der Waals surface area (Å²) in [7, 11) is 2.05. The van der Waals surface area contributed by atoms with Crippen molar-refractivity contribution in [2.45, 2.75) is 83.7 Å². The minimum absolute atomic E-state index is 0.251. The van der Waals surface area contributed by atoms with Crippen molar-refractivity contribution in [3.8, 4) is 0 Å². The van der Waals surface area contributed by atoms with Gasteiger partial charge in [0.25, 0.3) is 0 Å². The van der Waals surface area contributed by atoms with E-state index in [1.165, 1.54) is 36.1 Å². The predicted molar refractivity (Wildman–Crippen MR) is 112 cm³/mol. The van der Waals surface area contributed by atoms with Crippen LogP contribution in [0.4, 0.5) is 0 Å². The van der Waals surface area contributed by atoms with Crippen molar-refractivity contribution < 1.29 is 4.79 Å². The second-order valence-electron chi connectivity index (χ2n) is 8.88. The van der Waals surface area contributed by atoms with Crippen molar-refractivity contribution >= 4 is 5.91 Å². The topological polar surface area (TPSA) is 38.1 Å². The van der Waals surface area contributed by atoms with Gasteiger partial charge in [-0.3, -0.25) is 9.48 Å². The van der Waals surface area contributed by atoms with E-state index in [0.29, 0.717) is 24.9 Å². The highest BCUT2D eigenvalue weighted by Crippen LogP contribution is 2.29. The van der Waals surface area contributed by atoms with E-state index >= 15 is 0 Å². The zero-order valence-electron chi connectivity index (χ0n) is 17.6. The van der Waals surface area contributed by atoms with Crippen LogP contribution in [0, 0.1) is 0 Å². The summed E-state index contributed by atoms with van der Waals surface area (Å²) in [5, 5.41) is 4.79. The van der Waals surface area contributed by atoms with Crippen molar-refractivity contribution in [3.63, 3.8) is 0 Å². The molecule has 2 aliphatic rings. The summed E-state index contributed by atoms with van der Waals surface area (Å²) in [6.45, 7) is 5.08. The number of fused-ring (bicyclic) bond motifs is 1. The molecule has 0 radical (unpaired) electrons. The van der Waals surface area contributed by atoms with E-state index < -0.39 is 0 Å². The lowest BCUT2D eigenvalue weighted by atomic mass is 10.0. The molecule has 4 nitrogen and oxygen atoms in total. The first-order valence-corrected chi connectivity index (χ1v) is 10.9. The van der Waals surface area contributed by atoms with Gasteiger partial charge in [-0.05, 0) is 54.7 Å². The number of benzene rings is 1. The third-order valence-electron chi connectivity index (χ3n) is 6.61. The second-order valence-corrected chi connectivity index (χ2v) is 8.88. The highest BCUT2D eigenvalue weighted by atomic mass is 16.2.